The SMILES string of the molecule is CN[C@@H](C)C(=O)C[C@H](C(=O)N1Cc2cc(NC(=O)CNC(=O)[C@]3(C)CN(C(=O)CN4C[C@@H](C)NC[C@@H]4CN4CCOC[C@H]4C)c4cc(Cc5ccc(F)cc5)ccc43)ccc2C[C@H]1C(=O)C[C@@H]1CCCc2ccccc21)C(C)(C)C. The number of carbonyl (C=O) groups excluding carboxylic acids is 6. The molecular weight excluding hydrogens is 1010 g/mol. The highest BCUT2D eigenvalue weighted by Crippen LogP contribution is 2.43. The molecule has 4 N–H and O–H groups in total. The third-order valence-electron chi connectivity index (χ3n) is 17.9. The van der Waals surface area contributed by atoms with Gasteiger partial charge in [0.25, 0.3) is 0 Å². The number of nitrogens with one attached hydrogen (secondary N) is 4. The molecule has 16 heteroatoms. The van der Waals surface area contributed by atoms with Gasteiger partial charge < -0.3 is 35.8 Å². The zero-order chi connectivity index (χ0) is 57.0. The number of aryl methyl sites for hydroxylation is 1. The summed E-state index contributed by atoms with van der Waals surface area (Å²) in [7, 11) is 1.72. The fraction of sp³-hybridized carbons (Fsp3) is 0.531. The van der Waals surface area contributed by atoms with Crippen molar-refractivity contribution in [2.24, 2.45) is 11.3 Å². The topological polar surface area (TPSA) is 173 Å². The Morgan fingerprint density at radius 1 is 0.912 bits per heavy atom. The van der Waals surface area contributed by atoms with E-state index in [-0.39, 0.29) is 85.8 Å². The lowest BCUT2D eigenvalue weighted by Gasteiger charge is -2.43. The van der Waals surface area contributed by atoms with E-state index in [1.807, 2.05) is 70.2 Å². The van der Waals surface area contributed by atoms with E-state index in [1.165, 1.54) is 23.3 Å². The summed E-state index contributed by atoms with van der Waals surface area (Å²) in [6.45, 7) is 18.1. The molecular formula is C64H83FN8O7. The number of hydrogen-bond donors (Lipinski definition) is 4. The maximum Gasteiger partial charge on any atom is 0.243 e. The summed E-state index contributed by atoms with van der Waals surface area (Å²) in [6.07, 6.45) is 3.98. The van der Waals surface area contributed by atoms with Crippen molar-refractivity contribution >= 4 is 46.6 Å². The van der Waals surface area contributed by atoms with E-state index >= 15 is 4.79 Å². The molecule has 4 aliphatic heterocycles. The molecule has 0 bridgehead atoms. The van der Waals surface area contributed by atoms with Gasteiger partial charge in [0.05, 0.1) is 43.8 Å². The monoisotopic (exact) mass is 1090 g/mol. The van der Waals surface area contributed by atoms with Crippen LogP contribution in [0.2, 0.25) is 0 Å². The number of halogens is 1. The Kier molecular flexibility index (Phi) is 18.2. The van der Waals surface area contributed by atoms with Gasteiger partial charge in [-0.15, -0.1) is 0 Å². The van der Waals surface area contributed by atoms with Crippen molar-refractivity contribution in [1.29, 1.82) is 0 Å². The molecule has 2 fully saturated rings. The first-order valence-corrected chi connectivity index (χ1v) is 29.0. The lowest BCUT2D eigenvalue weighted by atomic mass is 9.75. The molecule has 0 saturated carbocycles. The Labute approximate surface area is 472 Å². The van der Waals surface area contributed by atoms with Crippen LogP contribution in [0.15, 0.2) is 84.9 Å². The molecule has 4 aromatic rings. The molecule has 4 amide bonds. The van der Waals surface area contributed by atoms with Crippen molar-refractivity contribution in [3.05, 3.63) is 130 Å². The van der Waals surface area contributed by atoms with E-state index in [0.29, 0.717) is 56.0 Å². The predicted molar refractivity (Wildman–Crippen MR) is 309 cm³/mol. The quantitative estimate of drug-likeness (QED) is 0.0834. The third-order valence-corrected chi connectivity index (χ3v) is 17.9. The Morgan fingerprint density at radius 2 is 1.68 bits per heavy atom. The van der Waals surface area contributed by atoms with Crippen LogP contribution in [0.3, 0.4) is 0 Å². The number of likely N-dealkylation sites (N-methyl/N-ethyl adjacent to an activating group) is 1. The summed E-state index contributed by atoms with van der Waals surface area (Å²) >= 11 is 0. The Bertz CT molecular complexity index is 2940. The van der Waals surface area contributed by atoms with Gasteiger partial charge in [-0.2, -0.15) is 0 Å². The van der Waals surface area contributed by atoms with Crippen molar-refractivity contribution < 1.29 is 37.9 Å². The number of morpholine rings is 1. The van der Waals surface area contributed by atoms with Crippen LogP contribution in [0.25, 0.3) is 0 Å². The number of carbonyl (C=O) groups is 6. The number of ketones is 2. The second-order valence-electron chi connectivity index (χ2n) is 24.7. The van der Waals surface area contributed by atoms with Crippen LogP contribution in [0.5, 0.6) is 0 Å². The normalized spacial score (nSPS) is 24.0. The second kappa shape index (κ2) is 24.9. The first-order chi connectivity index (χ1) is 38.2. The second-order valence-corrected chi connectivity index (χ2v) is 24.7. The van der Waals surface area contributed by atoms with Crippen LogP contribution < -0.4 is 26.2 Å². The summed E-state index contributed by atoms with van der Waals surface area (Å²) < 4.78 is 19.6. The smallest absolute Gasteiger partial charge is 0.243 e. The van der Waals surface area contributed by atoms with E-state index in [4.69, 9.17) is 4.74 Å². The average Bonchev–Trinajstić information content (AvgIpc) is 3.76. The highest BCUT2D eigenvalue weighted by atomic mass is 19.1. The highest BCUT2D eigenvalue weighted by Gasteiger charge is 2.48. The van der Waals surface area contributed by atoms with Gasteiger partial charge in [-0.1, -0.05) is 75.4 Å². The van der Waals surface area contributed by atoms with Crippen molar-refractivity contribution in [2.45, 2.75) is 141 Å². The minimum atomic E-state index is -1.21. The Balaban J connectivity index is 0.915. The standard InChI is InChI=1S/C64H83FN8O7/c1-40-34-71(51(32-67-40)36-70-24-25-80-38-41(70)2)37-60(77)73-39-64(7,53-23-18-44(27-55(53)73)26-43-16-20-49(65)21-17-43)62(79)68-33-59(76)69-50-22-19-46-29-56(58(75)30-47-14-11-13-45-12-9-10-15-52(45)47)72(35-48(46)28-50)61(78)54(63(4,5)6)31-57(74)42(3)66-8/h9-10,12,15-23,27-28,40-42,47,51,54,56,66-67H,11,13-14,24-26,29-39H2,1-8H3,(H,68,79)(H,69,76)/t40-,41-,42+,47+,51-,54-,56+,64-/m1/s1. The number of rotatable bonds is 18. The highest BCUT2D eigenvalue weighted by molar-refractivity contribution is 6.04. The Morgan fingerprint density at radius 3 is 2.42 bits per heavy atom. The third kappa shape index (κ3) is 13.3. The molecule has 9 rings (SSSR count). The number of nitrogens with zero attached hydrogens (tertiary/aromatic N) is 4. The van der Waals surface area contributed by atoms with E-state index in [2.05, 4.69) is 57.0 Å². The molecule has 0 unspecified atom stereocenters. The number of benzene rings is 4. The molecule has 428 valence electrons. The van der Waals surface area contributed by atoms with Crippen LogP contribution in [-0.2, 0) is 64.7 Å². The molecule has 8 atom stereocenters. The maximum absolute atomic E-state index is 15.0. The lowest BCUT2D eigenvalue weighted by Crippen LogP contribution is -2.62. The maximum atomic E-state index is 15.0. The number of ether oxygens (including phenoxy) is 1. The van der Waals surface area contributed by atoms with Gasteiger partial charge >= 0.3 is 0 Å². The van der Waals surface area contributed by atoms with Crippen molar-refractivity contribution in [2.75, 3.05) is 76.3 Å². The van der Waals surface area contributed by atoms with Gasteiger partial charge in [0.15, 0.2) is 5.78 Å². The molecule has 1 aliphatic carbocycles. The van der Waals surface area contributed by atoms with E-state index in [1.54, 1.807) is 42.0 Å². The first-order valence-electron chi connectivity index (χ1n) is 29.0. The largest absolute Gasteiger partial charge is 0.379 e. The minimum absolute atomic E-state index is 0.00472. The van der Waals surface area contributed by atoms with Crippen LogP contribution in [-0.4, -0.2) is 146 Å². The molecule has 2 saturated heterocycles. The molecule has 5 aliphatic rings. The number of fused-ring (bicyclic) bond motifs is 3. The molecule has 4 aromatic carbocycles. The van der Waals surface area contributed by atoms with Gasteiger partial charge in [-0.3, -0.25) is 38.6 Å². The summed E-state index contributed by atoms with van der Waals surface area (Å²) in [6, 6.07) is 25.3. The Hall–Kier alpha value is -6.17. The number of anilines is 2. The fourth-order valence-corrected chi connectivity index (χ4v) is 12.8. The number of hydrogen-bond acceptors (Lipinski definition) is 11. The summed E-state index contributed by atoms with van der Waals surface area (Å²) in [5.41, 5.74) is 5.92. The number of Topliss-reactive ketones (excluding diaryl/α,β-unsaturated/α-hetero) is 2. The van der Waals surface area contributed by atoms with E-state index in [9.17, 15) is 28.4 Å². The summed E-state index contributed by atoms with van der Waals surface area (Å²) in [4.78, 5) is 94.6. The van der Waals surface area contributed by atoms with Crippen molar-refractivity contribution in [3.8, 4) is 0 Å². The molecule has 0 aromatic heterocycles. The average molecular weight is 1100 g/mol. The van der Waals surface area contributed by atoms with Crippen molar-refractivity contribution in [3.63, 3.8) is 0 Å². The molecule has 0 spiro atoms. The lowest BCUT2D eigenvalue weighted by molar-refractivity contribution is -0.149. The molecule has 80 heavy (non-hydrogen) atoms. The summed E-state index contributed by atoms with van der Waals surface area (Å²) in [5, 5.41) is 12.5. The van der Waals surface area contributed by atoms with Gasteiger partial charge in [0.1, 0.15) is 11.6 Å². The van der Waals surface area contributed by atoms with Gasteiger partial charge in [0, 0.05) is 93.9 Å². The predicted octanol–water partition coefficient (Wildman–Crippen LogP) is 6.72. The number of piperazine rings is 1. The molecule has 15 nitrogen and oxygen atoms in total. The molecule has 4 heterocycles. The minimum Gasteiger partial charge on any atom is -0.379 e. The first kappa shape index (κ1) is 58.5. The van der Waals surface area contributed by atoms with Crippen molar-refractivity contribution in [1.82, 2.24) is 30.7 Å². The zero-order valence-corrected chi connectivity index (χ0v) is 48.2. The van der Waals surface area contributed by atoms with E-state index in [0.717, 1.165) is 61.2 Å². The van der Waals surface area contributed by atoms with Gasteiger partial charge in [-0.25, -0.2) is 4.39 Å². The zero-order valence-electron chi connectivity index (χ0n) is 48.2. The van der Waals surface area contributed by atoms with Gasteiger partial charge in [-0.05, 0) is 141 Å². The van der Waals surface area contributed by atoms with Crippen LogP contribution in [0.4, 0.5) is 15.8 Å². The molecule has 0 radical (unpaired) electrons. The summed E-state index contributed by atoms with van der Waals surface area (Å²) in [5.74, 6) is -2.29. The van der Waals surface area contributed by atoms with Crippen LogP contribution in [0.1, 0.15) is 119 Å². The van der Waals surface area contributed by atoms with E-state index < -0.39 is 40.6 Å². The number of amides is 4. The fourth-order valence-electron chi connectivity index (χ4n) is 12.8. The van der Waals surface area contributed by atoms with Crippen LogP contribution >= 0.6 is 0 Å². The van der Waals surface area contributed by atoms with Crippen LogP contribution in [0, 0.1) is 17.2 Å². The van der Waals surface area contributed by atoms with Gasteiger partial charge in [0.2, 0.25) is 23.6 Å².